The molecule has 8 heavy (non-hydrogen) atoms. The molecule has 0 aromatic carbocycles. The van der Waals surface area contributed by atoms with Crippen LogP contribution in [0.4, 0.5) is 0 Å². The lowest BCUT2D eigenvalue weighted by Crippen LogP contribution is -1.74. The molecule has 0 saturated heterocycles. The Bertz CT molecular complexity index is 196. The lowest BCUT2D eigenvalue weighted by Gasteiger charge is -1.73. The van der Waals surface area contributed by atoms with E-state index in [4.69, 9.17) is 11.8 Å². The van der Waals surface area contributed by atoms with Crippen molar-refractivity contribution in [1.29, 1.82) is 0 Å². The Hall–Kier alpha value is -0.830. The van der Waals surface area contributed by atoms with Gasteiger partial charge in [-0.25, -0.2) is 0 Å². The van der Waals surface area contributed by atoms with Gasteiger partial charge in [-0.2, -0.15) is 9.30 Å². The van der Waals surface area contributed by atoms with Crippen LogP contribution in [0.5, 0.6) is 0 Å². The first-order valence-electron chi connectivity index (χ1n) is 1.99. The summed E-state index contributed by atoms with van der Waals surface area (Å²) in [6.45, 7) is 0. The zero-order valence-electron chi connectivity index (χ0n) is 3.91. The number of nitrogens with zero attached hydrogens (tertiary/aromatic N) is 2. The lowest BCUT2D eigenvalue weighted by molar-refractivity contribution is 0.112. The van der Waals surface area contributed by atoms with Gasteiger partial charge in [0.1, 0.15) is 0 Å². The Kier molecular flexibility index (Phi) is 1.30. The summed E-state index contributed by atoms with van der Waals surface area (Å²) < 4.78 is 1.06. The molecule has 0 bridgehead atoms. The first kappa shape index (κ1) is 5.31. The number of rotatable bonds is 1. The monoisotopic (exact) mass is 130 g/mol. The molecule has 1 aromatic rings. The number of aromatic nitrogens is 2. The Balaban J connectivity index is 3.00. The van der Waals surface area contributed by atoms with Crippen molar-refractivity contribution < 1.29 is 4.79 Å². The van der Waals surface area contributed by atoms with Gasteiger partial charge in [0, 0.05) is 11.8 Å². The minimum atomic E-state index is 0.486. The topological polar surface area (TPSA) is 34.9 Å². The second-order valence-electron chi connectivity index (χ2n) is 1.28. The van der Waals surface area contributed by atoms with Crippen molar-refractivity contribution in [3.8, 4) is 0 Å². The molecular formula is C4H3ClN2O. The number of halogens is 1. The molecule has 0 aliphatic rings. The molecule has 0 aliphatic carbocycles. The number of hydrogen-bond acceptors (Lipinski definition) is 2. The highest BCUT2D eigenvalue weighted by atomic mass is 35.5. The van der Waals surface area contributed by atoms with Crippen LogP contribution in [0, 0.1) is 0 Å². The number of hydrogen-bond donors (Lipinski definition) is 0. The third-order valence-corrected chi connectivity index (χ3v) is 0.894. The van der Waals surface area contributed by atoms with Crippen molar-refractivity contribution in [2.24, 2.45) is 0 Å². The van der Waals surface area contributed by atoms with Crippen molar-refractivity contribution in [3.63, 3.8) is 0 Å². The average Bonchev–Trinajstić information content (AvgIpc) is 2.14. The van der Waals surface area contributed by atoms with Gasteiger partial charge in [0.15, 0.2) is 6.29 Å². The molecule has 1 aromatic heterocycles. The summed E-state index contributed by atoms with van der Waals surface area (Å²) in [4.78, 5) is 9.91. The third-order valence-electron chi connectivity index (χ3n) is 0.709. The van der Waals surface area contributed by atoms with Crippen molar-refractivity contribution in [3.05, 3.63) is 18.0 Å². The van der Waals surface area contributed by atoms with Crippen LogP contribution >= 0.6 is 11.8 Å². The van der Waals surface area contributed by atoms with Crippen LogP contribution in [-0.2, 0) is 0 Å². The number of carbonyl (C=O) groups is 1. The number of aldehydes is 1. The van der Waals surface area contributed by atoms with E-state index in [1.807, 2.05) is 0 Å². The van der Waals surface area contributed by atoms with Crippen LogP contribution in [0.2, 0.25) is 0 Å². The first-order chi connectivity index (χ1) is 3.83. The Morgan fingerprint density at radius 3 is 2.88 bits per heavy atom. The molecule has 0 spiro atoms. The van der Waals surface area contributed by atoms with Gasteiger partial charge in [-0.05, 0) is 0 Å². The fourth-order valence-electron chi connectivity index (χ4n) is 0.372. The van der Waals surface area contributed by atoms with Crippen LogP contribution in [-0.4, -0.2) is 15.6 Å². The predicted octanol–water partition coefficient (Wildman–Crippen LogP) is 0.698. The molecule has 1 rings (SSSR count). The van der Waals surface area contributed by atoms with Crippen molar-refractivity contribution in [2.45, 2.75) is 0 Å². The van der Waals surface area contributed by atoms with E-state index in [0.717, 1.165) is 4.20 Å². The van der Waals surface area contributed by atoms with E-state index in [1.54, 1.807) is 0 Å². The maximum Gasteiger partial charge on any atom is 0.153 e. The van der Waals surface area contributed by atoms with Gasteiger partial charge >= 0.3 is 0 Å². The minimum absolute atomic E-state index is 0.486. The molecule has 0 fully saturated rings. The third kappa shape index (κ3) is 0.869. The van der Waals surface area contributed by atoms with E-state index in [-0.39, 0.29) is 0 Å². The summed E-state index contributed by atoms with van der Waals surface area (Å²) in [6.07, 6.45) is 3.50. The zero-order valence-corrected chi connectivity index (χ0v) is 4.67. The smallest absolute Gasteiger partial charge is 0.153 e. The molecule has 0 aliphatic heterocycles. The first-order valence-corrected chi connectivity index (χ1v) is 2.33. The fraction of sp³-hybridized carbons (Fsp3) is 0. The van der Waals surface area contributed by atoms with Gasteiger partial charge < -0.3 is 0 Å². The Morgan fingerprint density at radius 2 is 2.62 bits per heavy atom. The molecule has 0 radical (unpaired) electrons. The van der Waals surface area contributed by atoms with Crippen LogP contribution in [0.25, 0.3) is 0 Å². The summed E-state index contributed by atoms with van der Waals surface area (Å²) in [6, 6.07) is 0. The second-order valence-corrected chi connectivity index (χ2v) is 1.63. The van der Waals surface area contributed by atoms with Crippen molar-refractivity contribution >= 4 is 18.1 Å². The summed E-state index contributed by atoms with van der Waals surface area (Å²) in [5, 5.41) is 3.54. The van der Waals surface area contributed by atoms with Gasteiger partial charge in [-0.15, -0.1) is 0 Å². The van der Waals surface area contributed by atoms with Crippen LogP contribution in [0.1, 0.15) is 10.4 Å². The molecule has 0 atom stereocenters. The van der Waals surface area contributed by atoms with Gasteiger partial charge in [0.25, 0.3) is 0 Å². The minimum Gasteiger partial charge on any atom is -0.298 e. The summed E-state index contributed by atoms with van der Waals surface area (Å²) in [7, 11) is 0. The van der Waals surface area contributed by atoms with E-state index in [1.165, 1.54) is 12.4 Å². The highest BCUT2D eigenvalue weighted by Crippen LogP contribution is 1.92. The highest BCUT2D eigenvalue weighted by molar-refractivity contribution is 6.14. The van der Waals surface area contributed by atoms with E-state index >= 15 is 0 Å². The quantitative estimate of drug-likeness (QED) is 0.525. The maximum absolute atomic E-state index is 9.91. The average molecular weight is 131 g/mol. The molecule has 0 N–H and O–H groups in total. The van der Waals surface area contributed by atoms with Gasteiger partial charge in [0.05, 0.1) is 18.0 Å². The molecule has 3 nitrogen and oxygen atoms in total. The van der Waals surface area contributed by atoms with Crippen LogP contribution < -0.4 is 0 Å². The molecule has 0 saturated carbocycles. The molecule has 0 amide bonds. The molecule has 1 heterocycles. The number of carbonyl (C=O) groups excluding carboxylic acids is 1. The Morgan fingerprint density at radius 1 is 1.88 bits per heavy atom. The largest absolute Gasteiger partial charge is 0.298 e. The predicted molar refractivity (Wildman–Crippen MR) is 28.9 cm³/mol. The van der Waals surface area contributed by atoms with Gasteiger partial charge in [-0.3, -0.25) is 4.79 Å². The van der Waals surface area contributed by atoms with Crippen LogP contribution in [0.3, 0.4) is 0 Å². The van der Waals surface area contributed by atoms with E-state index in [9.17, 15) is 4.79 Å². The summed E-state index contributed by atoms with van der Waals surface area (Å²) in [5.74, 6) is 0. The van der Waals surface area contributed by atoms with Gasteiger partial charge in [0.2, 0.25) is 0 Å². The second kappa shape index (κ2) is 1.96. The van der Waals surface area contributed by atoms with Gasteiger partial charge in [-0.1, -0.05) is 0 Å². The molecule has 42 valence electrons. The van der Waals surface area contributed by atoms with Crippen molar-refractivity contribution in [2.75, 3.05) is 0 Å². The van der Waals surface area contributed by atoms with E-state index in [0.29, 0.717) is 11.8 Å². The van der Waals surface area contributed by atoms with Crippen LogP contribution in [0.15, 0.2) is 12.4 Å². The SMILES string of the molecule is O=Cc1cnn(Cl)c1. The van der Waals surface area contributed by atoms with Crippen molar-refractivity contribution in [1.82, 2.24) is 9.30 Å². The maximum atomic E-state index is 9.91. The molecule has 0 unspecified atom stereocenters. The highest BCUT2D eigenvalue weighted by Gasteiger charge is 1.90. The summed E-state index contributed by atoms with van der Waals surface area (Å²) >= 11 is 5.29. The molecule has 4 heteroatoms. The van der Waals surface area contributed by atoms with E-state index in [2.05, 4.69) is 5.10 Å². The lowest BCUT2D eigenvalue weighted by atomic mass is 10.4. The van der Waals surface area contributed by atoms with E-state index < -0.39 is 0 Å². The fourth-order valence-corrected chi connectivity index (χ4v) is 0.529. The zero-order chi connectivity index (χ0) is 5.98. The summed E-state index contributed by atoms with van der Waals surface area (Å²) in [5.41, 5.74) is 0.486. The standard InChI is InChI=1S/C4H3ClN2O/c5-7-2-4(3-8)1-6-7/h1-3H. The normalized spacial score (nSPS) is 9.12. The molecular weight excluding hydrogens is 128 g/mol. The Labute approximate surface area is 51.0 Å².